The Morgan fingerprint density at radius 3 is 2.74 bits per heavy atom. The molecule has 1 aromatic carbocycles. The first-order valence-electron chi connectivity index (χ1n) is 6.29. The highest BCUT2D eigenvalue weighted by Crippen LogP contribution is 2.38. The van der Waals surface area contributed by atoms with E-state index in [0.717, 1.165) is 9.13 Å². The quantitative estimate of drug-likeness (QED) is 0.754. The largest absolute Gasteiger partial charge is 0.349 e. The summed E-state index contributed by atoms with van der Waals surface area (Å²) in [4.78, 5) is 12.1. The van der Waals surface area contributed by atoms with E-state index in [1.54, 1.807) is 0 Å². The van der Waals surface area contributed by atoms with Crippen LogP contribution in [0.4, 0.5) is 0 Å². The number of hydrogen-bond donors (Lipinski definition) is 2. The highest BCUT2D eigenvalue weighted by atomic mass is 127. The van der Waals surface area contributed by atoms with Gasteiger partial charge in [0, 0.05) is 10.1 Å². The Bertz CT molecular complexity index is 451. The van der Waals surface area contributed by atoms with Gasteiger partial charge in [-0.1, -0.05) is 12.1 Å². The number of amides is 1. The Kier molecular flexibility index (Phi) is 6.08. The third-order valence-corrected chi connectivity index (χ3v) is 4.25. The molecule has 0 aliphatic heterocycles. The van der Waals surface area contributed by atoms with Crippen molar-refractivity contribution in [3.63, 3.8) is 0 Å². The summed E-state index contributed by atoms with van der Waals surface area (Å²) < 4.78 is 1.15. The van der Waals surface area contributed by atoms with Gasteiger partial charge in [0.05, 0.1) is 12.0 Å². The molecule has 0 aromatic heterocycles. The maximum atomic E-state index is 12.1. The van der Waals surface area contributed by atoms with Crippen LogP contribution in [0.2, 0.25) is 0 Å². The van der Waals surface area contributed by atoms with E-state index >= 15 is 0 Å². The molecule has 0 saturated heterocycles. The van der Waals surface area contributed by atoms with Gasteiger partial charge in [-0.25, -0.2) is 0 Å². The molecule has 2 rings (SSSR count). The first-order chi connectivity index (χ1) is 8.53. The molecule has 0 bridgehead atoms. The van der Waals surface area contributed by atoms with Gasteiger partial charge in [-0.15, -0.1) is 12.4 Å². The molecule has 3 nitrogen and oxygen atoms in total. The lowest BCUT2D eigenvalue weighted by Crippen LogP contribution is -2.53. The molecule has 0 heterocycles. The van der Waals surface area contributed by atoms with Gasteiger partial charge in [0.15, 0.2) is 0 Å². The SMILES string of the molecule is CC(CN)(NC(=O)Cc1cccc(I)c1)C1CC1.Cl. The zero-order valence-corrected chi connectivity index (χ0v) is 14.0. The number of nitrogens with one attached hydrogen (secondary N) is 1. The maximum Gasteiger partial charge on any atom is 0.224 e. The first kappa shape index (κ1) is 16.7. The fourth-order valence-electron chi connectivity index (χ4n) is 2.24. The standard InChI is InChI=1S/C14H19IN2O.ClH/c1-14(9-16,11-5-6-11)17-13(18)8-10-3-2-4-12(15)7-10;/h2-4,7,11H,5-6,8-9,16H2,1H3,(H,17,18);1H. The highest BCUT2D eigenvalue weighted by Gasteiger charge is 2.41. The van der Waals surface area contributed by atoms with Crippen LogP contribution in [0.5, 0.6) is 0 Å². The molecule has 1 amide bonds. The molecule has 1 fully saturated rings. The average molecular weight is 395 g/mol. The monoisotopic (exact) mass is 394 g/mol. The molecule has 1 unspecified atom stereocenters. The lowest BCUT2D eigenvalue weighted by molar-refractivity contribution is -0.122. The maximum absolute atomic E-state index is 12.1. The van der Waals surface area contributed by atoms with Crippen molar-refractivity contribution in [3.8, 4) is 0 Å². The van der Waals surface area contributed by atoms with E-state index in [1.165, 1.54) is 12.8 Å². The number of nitrogens with two attached hydrogens (primary N) is 1. The molecule has 3 N–H and O–H groups in total. The predicted octanol–water partition coefficient (Wildman–Crippen LogP) is 2.50. The molecule has 0 spiro atoms. The van der Waals surface area contributed by atoms with Crippen LogP contribution in [0.25, 0.3) is 0 Å². The van der Waals surface area contributed by atoms with E-state index in [1.807, 2.05) is 24.3 Å². The van der Waals surface area contributed by atoms with Gasteiger partial charge in [-0.3, -0.25) is 4.79 Å². The van der Waals surface area contributed by atoms with Crippen molar-refractivity contribution in [1.82, 2.24) is 5.32 Å². The van der Waals surface area contributed by atoms with Crippen LogP contribution in [0, 0.1) is 9.49 Å². The second kappa shape index (κ2) is 6.90. The fourth-order valence-corrected chi connectivity index (χ4v) is 2.84. The van der Waals surface area contributed by atoms with Crippen LogP contribution in [-0.2, 0) is 11.2 Å². The summed E-state index contributed by atoms with van der Waals surface area (Å²) in [7, 11) is 0. The van der Waals surface area contributed by atoms with Crippen molar-refractivity contribution in [2.24, 2.45) is 11.7 Å². The van der Waals surface area contributed by atoms with Crippen molar-refractivity contribution in [3.05, 3.63) is 33.4 Å². The molecule has 1 aromatic rings. The molecule has 5 heteroatoms. The lowest BCUT2D eigenvalue weighted by atomic mass is 9.95. The van der Waals surface area contributed by atoms with Crippen LogP contribution in [0.15, 0.2) is 24.3 Å². The van der Waals surface area contributed by atoms with E-state index in [4.69, 9.17) is 5.73 Å². The number of hydrogen-bond acceptors (Lipinski definition) is 2. The lowest BCUT2D eigenvalue weighted by Gasteiger charge is -2.29. The molecular formula is C14H20ClIN2O. The summed E-state index contributed by atoms with van der Waals surface area (Å²) in [5, 5.41) is 3.11. The van der Waals surface area contributed by atoms with E-state index in [0.29, 0.717) is 18.9 Å². The number of carbonyl (C=O) groups excluding carboxylic acids is 1. The van der Waals surface area contributed by atoms with Gasteiger partial charge in [0.1, 0.15) is 0 Å². The second-order valence-electron chi connectivity index (χ2n) is 5.25. The Balaban J connectivity index is 0.00000180. The Labute approximate surface area is 134 Å². The van der Waals surface area contributed by atoms with E-state index in [9.17, 15) is 4.79 Å². The molecular weight excluding hydrogens is 375 g/mol. The number of benzene rings is 1. The summed E-state index contributed by atoms with van der Waals surface area (Å²) in [5.41, 5.74) is 6.63. The first-order valence-corrected chi connectivity index (χ1v) is 7.37. The topological polar surface area (TPSA) is 55.1 Å². The molecule has 1 aliphatic carbocycles. The normalized spacial score (nSPS) is 17.2. The van der Waals surface area contributed by atoms with Crippen LogP contribution in [0.3, 0.4) is 0 Å². The van der Waals surface area contributed by atoms with E-state index in [-0.39, 0.29) is 23.9 Å². The molecule has 19 heavy (non-hydrogen) atoms. The summed E-state index contributed by atoms with van der Waals surface area (Å²) in [6.45, 7) is 2.56. The minimum absolute atomic E-state index is 0. The molecule has 1 saturated carbocycles. The van der Waals surface area contributed by atoms with Crippen molar-refractivity contribution in [2.45, 2.75) is 31.7 Å². The van der Waals surface area contributed by atoms with E-state index in [2.05, 4.69) is 34.8 Å². The number of rotatable bonds is 5. The minimum atomic E-state index is -0.223. The molecule has 1 aliphatic rings. The van der Waals surface area contributed by atoms with Crippen LogP contribution in [0.1, 0.15) is 25.3 Å². The third-order valence-electron chi connectivity index (χ3n) is 3.58. The molecule has 1 atom stereocenters. The zero-order valence-electron chi connectivity index (χ0n) is 11.0. The van der Waals surface area contributed by atoms with Crippen LogP contribution >= 0.6 is 35.0 Å². The summed E-state index contributed by atoms with van der Waals surface area (Å²) >= 11 is 2.26. The third kappa shape index (κ3) is 4.61. The predicted molar refractivity (Wildman–Crippen MR) is 88.4 cm³/mol. The van der Waals surface area contributed by atoms with Crippen molar-refractivity contribution in [2.75, 3.05) is 6.54 Å². The Morgan fingerprint density at radius 1 is 1.53 bits per heavy atom. The average Bonchev–Trinajstić information content (AvgIpc) is 3.12. The summed E-state index contributed by atoms with van der Waals surface area (Å²) in [6, 6.07) is 8.03. The van der Waals surface area contributed by atoms with Gasteiger partial charge < -0.3 is 11.1 Å². The Hall–Kier alpha value is -0.330. The second-order valence-corrected chi connectivity index (χ2v) is 6.50. The molecule has 0 radical (unpaired) electrons. The van der Waals surface area contributed by atoms with Crippen molar-refractivity contribution < 1.29 is 4.79 Å². The number of carbonyl (C=O) groups is 1. The van der Waals surface area contributed by atoms with Gasteiger partial charge in [0.2, 0.25) is 5.91 Å². The van der Waals surface area contributed by atoms with Gasteiger partial charge in [0.25, 0.3) is 0 Å². The summed E-state index contributed by atoms with van der Waals surface area (Å²) in [6.07, 6.45) is 2.79. The van der Waals surface area contributed by atoms with Gasteiger partial charge in [-0.2, -0.15) is 0 Å². The fraction of sp³-hybridized carbons (Fsp3) is 0.500. The molecule has 106 valence electrons. The highest BCUT2D eigenvalue weighted by molar-refractivity contribution is 14.1. The van der Waals surface area contributed by atoms with Gasteiger partial charge >= 0.3 is 0 Å². The van der Waals surface area contributed by atoms with Crippen molar-refractivity contribution in [1.29, 1.82) is 0 Å². The van der Waals surface area contributed by atoms with Crippen LogP contribution < -0.4 is 11.1 Å². The van der Waals surface area contributed by atoms with Crippen molar-refractivity contribution >= 4 is 40.9 Å². The Morgan fingerprint density at radius 2 is 2.21 bits per heavy atom. The van der Waals surface area contributed by atoms with Crippen LogP contribution in [-0.4, -0.2) is 18.0 Å². The zero-order chi connectivity index (χ0) is 13.2. The van der Waals surface area contributed by atoms with E-state index < -0.39 is 0 Å². The smallest absolute Gasteiger partial charge is 0.224 e. The minimum Gasteiger partial charge on any atom is -0.349 e. The number of halogens is 2. The van der Waals surface area contributed by atoms with Gasteiger partial charge in [-0.05, 0) is 66.0 Å². The summed E-state index contributed by atoms with van der Waals surface area (Å²) in [5.74, 6) is 0.624.